The molecule has 0 spiro atoms. The van der Waals surface area contributed by atoms with Crippen LogP contribution in [0.4, 0.5) is 4.39 Å². The van der Waals surface area contributed by atoms with Crippen molar-refractivity contribution in [3.8, 4) is 5.75 Å². The molecule has 2 rings (SSSR count). The standard InChI is InChI=1S/C14H11BrClFO/c1-9-6-12(3-4-13(9)15)18-8-10-7-11(16)2-5-14(10)17/h2-7H,8H2,1H3. The van der Waals surface area contributed by atoms with Gasteiger partial charge in [-0.05, 0) is 48.9 Å². The molecule has 0 heterocycles. The molecule has 0 aliphatic carbocycles. The predicted octanol–water partition coefficient (Wildman–Crippen LogP) is 5.13. The van der Waals surface area contributed by atoms with Gasteiger partial charge >= 0.3 is 0 Å². The van der Waals surface area contributed by atoms with Gasteiger partial charge in [-0.2, -0.15) is 0 Å². The van der Waals surface area contributed by atoms with Gasteiger partial charge in [0.1, 0.15) is 18.2 Å². The lowest BCUT2D eigenvalue weighted by Crippen LogP contribution is -1.98. The highest BCUT2D eigenvalue weighted by molar-refractivity contribution is 9.10. The molecule has 2 aromatic rings. The fourth-order valence-corrected chi connectivity index (χ4v) is 1.96. The van der Waals surface area contributed by atoms with E-state index in [9.17, 15) is 4.39 Å². The third-order valence-corrected chi connectivity index (χ3v) is 3.66. The second-order valence-electron chi connectivity index (χ2n) is 3.94. The van der Waals surface area contributed by atoms with Crippen molar-refractivity contribution in [2.45, 2.75) is 13.5 Å². The summed E-state index contributed by atoms with van der Waals surface area (Å²) in [7, 11) is 0. The van der Waals surface area contributed by atoms with Gasteiger partial charge in [-0.1, -0.05) is 27.5 Å². The number of aryl methyl sites for hydroxylation is 1. The Kier molecular flexibility index (Phi) is 4.25. The fraction of sp³-hybridized carbons (Fsp3) is 0.143. The van der Waals surface area contributed by atoms with E-state index in [2.05, 4.69) is 15.9 Å². The maximum absolute atomic E-state index is 13.5. The molecule has 0 aliphatic heterocycles. The molecule has 1 nitrogen and oxygen atoms in total. The molecule has 0 N–H and O–H groups in total. The molecule has 4 heteroatoms. The minimum Gasteiger partial charge on any atom is -0.489 e. The van der Waals surface area contributed by atoms with E-state index in [0.717, 1.165) is 10.0 Å². The van der Waals surface area contributed by atoms with Crippen LogP contribution in [0.1, 0.15) is 11.1 Å². The normalized spacial score (nSPS) is 10.4. The highest BCUT2D eigenvalue weighted by Gasteiger charge is 2.05. The Balaban J connectivity index is 2.11. The fourth-order valence-electron chi connectivity index (χ4n) is 1.52. The van der Waals surface area contributed by atoms with Gasteiger partial charge in [-0.15, -0.1) is 0 Å². The smallest absolute Gasteiger partial charge is 0.129 e. The summed E-state index contributed by atoms with van der Waals surface area (Å²) in [6, 6.07) is 10.1. The Bertz CT molecular complexity index is 572. The lowest BCUT2D eigenvalue weighted by molar-refractivity contribution is 0.299. The summed E-state index contributed by atoms with van der Waals surface area (Å²) in [6.45, 7) is 2.13. The average molecular weight is 330 g/mol. The van der Waals surface area contributed by atoms with Gasteiger partial charge in [-0.25, -0.2) is 4.39 Å². The van der Waals surface area contributed by atoms with Gasteiger partial charge in [0.15, 0.2) is 0 Å². The van der Waals surface area contributed by atoms with Crippen LogP contribution >= 0.6 is 27.5 Å². The maximum atomic E-state index is 13.5. The molecule has 2 aromatic carbocycles. The Hall–Kier alpha value is -1.06. The topological polar surface area (TPSA) is 9.23 Å². The average Bonchev–Trinajstić information content (AvgIpc) is 2.34. The Morgan fingerprint density at radius 2 is 2.00 bits per heavy atom. The Morgan fingerprint density at radius 1 is 1.22 bits per heavy atom. The number of ether oxygens (including phenoxy) is 1. The summed E-state index contributed by atoms with van der Waals surface area (Å²) in [4.78, 5) is 0. The zero-order valence-electron chi connectivity index (χ0n) is 9.71. The molecule has 0 aromatic heterocycles. The minimum atomic E-state index is -0.312. The highest BCUT2D eigenvalue weighted by Crippen LogP contribution is 2.23. The molecule has 0 unspecified atom stereocenters. The van der Waals surface area contributed by atoms with E-state index in [1.165, 1.54) is 12.1 Å². The molecule has 0 saturated heterocycles. The van der Waals surface area contributed by atoms with Crippen molar-refractivity contribution in [2.75, 3.05) is 0 Å². The molecule has 0 saturated carbocycles. The van der Waals surface area contributed by atoms with Gasteiger partial charge in [0.25, 0.3) is 0 Å². The lowest BCUT2D eigenvalue weighted by Gasteiger charge is -2.09. The molecule has 0 amide bonds. The number of benzene rings is 2. The van der Waals surface area contributed by atoms with Crippen LogP contribution in [0.15, 0.2) is 40.9 Å². The second kappa shape index (κ2) is 5.72. The summed E-state index contributed by atoms with van der Waals surface area (Å²) in [5, 5.41) is 0.502. The van der Waals surface area contributed by atoms with Crippen LogP contribution in [0, 0.1) is 12.7 Å². The van der Waals surface area contributed by atoms with E-state index in [4.69, 9.17) is 16.3 Å². The molecule has 0 bridgehead atoms. The molecular formula is C14H11BrClFO. The van der Waals surface area contributed by atoms with Gasteiger partial charge in [-0.3, -0.25) is 0 Å². The Labute approximate surface area is 119 Å². The van der Waals surface area contributed by atoms with Crippen LogP contribution in [0.2, 0.25) is 5.02 Å². The van der Waals surface area contributed by atoms with Gasteiger partial charge in [0, 0.05) is 15.1 Å². The van der Waals surface area contributed by atoms with Crippen molar-refractivity contribution in [1.29, 1.82) is 0 Å². The number of hydrogen-bond acceptors (Lipinski definition) is 1. The van der Waals surface area contributed by atoms with Crippen LogP contribution in [0.5, 0.6) is 5.75 Å². The quantitative estimate of drug-likeness (QED) is 0.758. The third kappa shape index (κ3) is 3.24. The van der Waals surface area contributed by atoms with E-state index in [1.54, 1.807) is 6.07 Å². The van der Waals surface area contributed by atoms with Crippen LogP contribution < -0.4 is 4.74 Å². The summed E-state index contributed by atoms with van der Waals surface area (Å²) in [6.07, 6.45) is 0. The van der Waals surface area contributed by atoms with E-state index in [0.29, 0.717) is 16.3 Å². The van der Waals surface area contributed by atoms with E-state index in [-0.39, 0.29) is 12.4 Å². The first-order valence-corrected chi connectivity index (χ1v) is 6.56. The first-order chi connectivity index (χ1) is 8.56. The maximum Gasteiger partial charge on any atom is 0.129 e. The number of halogens is 3. The molecule has 94 valence electrons. The summed E-state index contributed by atoms with van der Waals surface area (Å²) < 4.78 is 20.0. The molecule has 0 fully saturated rings. The Morgan fingerprint density at radius 3 is 2.72 bits per heavy atom. The van der Waals surface area contributed by atoms with Crippen molar-refractivity contribution in [3.63, 3.8) is 0 Å². The summed E-state index contributed by atoms with van der Waals surface area (Å²) in [5.41, 5.74) is 1.52. The van der Waals surface area contributed by atoms with Gasteiger partial charge in [0.2, 0.25) is 0 Å². The van der Waals surface area contributed by atoms with Crippen molar-refractivity contribution in [3.05, 3.63) is 62.8 Å². The highest BCUT2D eigenvalue weighted by atomic mass is 79.9. The molecule has 18 heavy (non-hydrogen) atoms. The first-order valence-electron chi connectivity index (χ1n) is 5.39. The summed E-state index contributed by atoms with van der Waals surface area (Å²) >= 11 is 9.23. The monoisotopic (exact) mass is 328 g/mol. The van der Waals surface area contributed by atoms with Crippen LogP contribution in [0.25, 0.3) is 0 Å². The minimum absolute atomic E-state index is 0.160. The molecular weight excluding hydrogens is 319 g/mol. The van der Waals surface area contributed by atoms with Gasteiger partial charge < -0.3 is 4.74 Å². The lowest BCUT2D eigenvalue weighted by atomic mass is 10.2. The molecule has 0 radical (unpaired) electrons. The van der Waals surface area contributed by atoms with Crippen LogP contribution in [-0.4, -0.2) is 0 Å². The third-order valence-electron chi connectivity index (χ3n) is 2.53. The number of hydrogen-bond donors (Lipinski definition) is 0. The van der Waals surface area contributed by atoms with Crippen molar-refractivity contribution >= 4 is 27.5 Å². The second-order valence-corrected chi connectivity index (χ2v) is 5.23. The molecule has 0 aliphatic rings. The zero-order chi connectivity index (χ0) is 13.1. The van der Waals surface area contributed by atoms with E-state index in [1.807, 2.05) is 25.1 Å². The van der Waals surface area contributed by atoms with Crippen molar-refractivity contribution < 1.29 is 9.13 Å². The largest absolute Gasteiger partial charge is 0.489 e. The van der Waals surface area contributed by atoms with Crippen LogP contribution in [0.3, 0.4) is 0 Å². The molecule has 0 atom stereocenters. The summed E-state index contributed by atoms with van der Waals surface area (Å²) in [5.74, 6) is 0.392. The van der Waals surface area contributed by atoms with Crippen LogP contribution in [-0.2, 0) is 6.61 Å². The SMILES string of the molecule is Cc1cc(OCc2cc(Cl)ccc2F)ccc1Br. The zero-order valence-corrected chi connectivity index (χ0v) is 12.1. The van der Waals surface area contributed by atoms with Crippen molar-refractivity contribution in [1.82, 2.24) is 0 Å². The number of rotatable bonds is 3. The van der Waals surface area contributed by atoms with E-state index >= 15 is 0 Å². The van der Waals surface area contributed by atoms with Crippen molar-refractivity contribution in [2.24, 2.45) is 0 Å². The predicted molar refractivity (Wildman–Crippen MR) is 74.6 cm³/mol. The first kappa shape index (κ1) is 13.4. The van der Waals surface area contributed by atoms with Gasteiger partial charge in [0.05, 0.1) is 0 Å². The van der Waals surface area contributed by atoms with E-state index < -0.39 is 0 Å².